The Labute approximate surface area is 191 Å². The van der Waals surface area contributed by atoms with Gasteiger partial charge in [0, 0.05) is 17.5 Å². The van der Waals surface area contributed by atoms with Crippen molar-refractivity contribution < 1.29 is 0 Å². The molecule has 2 aromatic rings. The zero-order valence-electron chi connectivity index (χ0n) is 20.8. The van der Waals surface area contributed by atoms with E-state index < -0.39 is 0 Å². The third-order valence-electron chi connectivity index (χ3n) is 7.37. The lowest BCUT2D eigenvalue weighted by Crippen LogP contribution is -2.53. The van der Waals surface area contributed by atoms with Gasteiger partial charge in [-0.3, -0.25) is 0 Å². The van der Waals surface area contributed by atoms with Crippen molar-refractivity contribution in [2.75, 3.05) is 0 Å². The Balaban J connectivity index is 2.67. The summed E-state index contributed by atoms with van der Waals surface area (Å²) in [6.45, 7) is 14.1. The molecular weight excluding hydrogens is 376 g/mol. The SMILES string of the molecule is CC(N)CCCC(C)(C)C(c1ccccc1)(c1ccccc1)C(C)(C)CCCC(C)N. The quantitative estimate of drug-likeness (QED) is 0.384. The molecule has 0 radical (unpaired) electrons. The molecule has 2 unspecified atom stereocenters. The van der Waals surface area contributed by atoms with Crippen molar-refractivity contribution in [3.63, 3.8) is 0 Å². The van der Waals surface area contributed by atoms with Crippen LogP contribution in [-0.4, -0.2) is 12.1 Å². The summed E-state index contributed by atoms with van der Waals surface area (Å²) in [6, 6.07) is 22.9. The summed E-state index contributed by atoms with van der Waals surface area (Å²) in [4.78, 5) is 0. The number of nitrogens with two attached hydrogens (primary N) is 2. The molecule has 2 nitrogen and oxygen atoms in total. The molecule has 2 rings (SSSR count). The Hall–Kier alpha value is -1.64. The molecule has 31 heavy (non-hydrogen) atoms. The molecule has 0 fully saturated rings. The summed E-state index contributed by atoms with van der Waals surface area (Å²) in [5.74, 6) is 0. The summed E-state index contributed by atoms with van der Waals surface area (Å²) in [5, 5.41) is 0. The van der Waals surface area contributed by atoms with Gasteiger partial charge in [0.1, 0.15) is 0 Å². The third kappa shape index (κ3) is 5.79. The van der Waals surface area contributed by atoms with Gasteiger partial charge in [-0.2, -0.15) is 0 Å². The summed E-state index contributed by atoms with van der Waals surface area (Å²) >= 11 is 0. The van der Waals surface area contributed by atoms with Gasteiger partial charge in [-0.05, 0) is 61.5 Å². The molecule has 0 aliphatic carbocycles. The van der Waals surface area contributed by atoms with Crippen LogP contribution in [0.4, 0.5) is 0 Å². The van der Waals surface area contributed by atoms with Crippen molar-refractivity contribution in [2.45, 2.75) is 97.6 Å². The second-order valence-corrected chi connectivity index (χ2v) is 11.0. The normalized spacial score (nSPS) is 15.0. The van der Waals surface area contributed by atoms with E-state index in [9.17, 15) is 0 Å². The van der Waals surface area contributed by atoms with E-state index in [0.29, 0.717) is 0 Å². The predicted octanol–water partition coefficient (Wildman–Crippen LogP) is 7.06. The van der Waals surface area contributed by atoms with Crippen LogP contribution in [0.15, 0.2) is 60.7 Å². The van der Waals surface area contributed by atoms with Crippen molar-refractivity contribution in [3.8, 4) is 0 Å². The monoisotopic (exact) mass is 422 g/mol. The molecule has 2 heteroatoms. The number of benzene rings is 2. The Morgan fingerprint density at radius 2 is 0.935 bits per heavy atom. The molecular formula is C29H46N2. The van der Waals surface area contributed by atoms with Gasteiger partial charge in [0.25, 0.3) is 0 Å². The van der Waals surface area contributed by atoms with Gasteiger partial charge in [0.2, 0.25) is 0 Å². The fourth-order valence-corrected chi connectivity index (χ4v) is 6.13. The van der Waals surface area contributed by atoms with Crippen LogP contribution in [0.25, 0.3) is 0 Å². The van der Waals surface area contributed by atoms with E-state index in [0.717, 1.165) is 38.5 Å². The minimum atomic E-state index is -0.127. The van der Waals surface area contributed by atoms with Crippen molar-refractivity contribution in [2.24, 2.45) is 22.3 Å². The second kappa shape index (κ2) is 10.8. The van der Waals surface area contributed by atoms with E-state index in [4.69, 9.17) is 11.5 Å². The Morgan fingerprint density at radius 1 is 0.613 bits per heavy atom. The Kier molecular flexibility index (Phi) is 8.92. The first-order valence-corrected chi connectivity index (χ1v) is 12.2. The minimum Gasteiger partial charge on any atom is -0.328 e. The van der Waals surface area contributed by atoms with E-state index in [1.807, 2.05) is 0 Å². The molecule has 0 aliphatic heterocycles. The Bertz CT molecular complexity index is 692. The van der Waals surface area contributed by atoms with Gasteiger partial charge in [0.15, 0.2) is 0 Å². The van der Waals surface area contributed by atoms with Crippen molar-refractivity contribution in [1.29, 1.82) is 0 Å². The number of rotatable bonds is 12. The van der Waals surface area contributed by atoms with E-state index in [1.165, 1.54) is 11.1 Å². The van der Waals surface area contributed by atoms with E-state index in [-0.39, 0.29) is 28.3 Å². The average Bonchev–Trinajstić information content (AvgIpc) is 2.68. The first-order chi connectivity index (χ1) is 14.5. The maximum absolute atomic E-state index is 6.12. The predicted molar refractivity (Wildman–Crippen MR) is 136 cm³/mol. The van der Waals surface area contributed by atoms with E-state index >= 15 is 0 Å². The lowest BCUT2D eigenvalue weighted by atomic mass is 9.45. The van der Waals surface area contributed by atoms with E-state index in [2.05, 4.69) is 102 Å². The van der Waals surface area contributed by atoms with Crippen molar-refractivity contribution in [1.82, 2.24) is 0 Å². The van der Waals surface area contributed by atoms with Gasteiger partial charge in [-0.25, -0.2) is 0 Å². The highest BCUT2D eigenvalue weighted by Gasteiger charge is 2.56. The standard InChI is InChI=1S/C29H46N2/c1-23(30)15-13-21-27(3,4)29(25-17-9-7-10-18-25,26-19-11-8-12-20-26)28(5,6)22-14-16-24(2)31/h7-12,17-20,23-24H,13-16,21-22,30-31H2,1-6H3. The topological polar surface area (TPSA) is 52.0 Å². The molecule has 172 valence electrons. The largest absolute Gasteiger partial charge is 0.328 e. The van der Waals surface area contributed by atoms with Crippen LogP contribution in [0.2, 0.25) is 0 Å². The smallest absolute Gasteiger partial charge is 0.0304 e. The maximum Gasteiger partial charge on any atom is 0.0304 e. The van der Waals surface area contributed by atoms with Crippen LogP contribution in [0, 0.1) is 10.8 Å². The van der Waals surface area contributed by atoms with Crippen LogP contribution >= 0.6 is 0 Å². The van der Waals surface area contributed by atoms with Gasteiger partial charge >= 0.3 is 0 Å². The fourth-order valence-electron chi connectivity index (χ4n) is 6.13. The van der Waals surface area contributed by atoms with Crippen molar-refractivity contribution in [3.05, 3.63) is 71.8 Å². The summed E-state index contributed by atoms with van der Waals surface area (Å²) in [6.07, 6.45) is 6.68. The zero-order chi connectivity index (χ0) is 23.1. The third-order valence-corrected chi connectivity index (χ3v) is 7.37. The van der Waals surface area contributed by atoms with Crippen molar-refractivity contribution >= 4 is 0 Å². The summed E-state index contributed by atoms with van der Waals surface area (Å²) < 4.78 is 0. The highest BCUT2D eigenvalue weighted by Crippen LogP contribution is 2.61. The average molecular weight is 423 g/mol. The minimum absolute atomic E-state index is 0.0441. The summed E-state index contributed by atoms with van der Waals surface area (Å²) in [5.41, 5.74) is 15.0. The molecule has 2 aromatic carbocycles. The van der Waals surface area contributed by atoms with Gasteiger partial charge in [-0.1, -0.05) is 101 Å². The summed E-state index contributed by atoms with van der Waals surface area (Å²) in [7, 11) is 0. The molecule has 0 aromatic heterocycles. The molecule has 0 saturated carbocycles. The molecule has 0 bridgehead atoms. The molecule has 2 atom stereocenters. The molecule has 0 saturated heterocycles. The Morgan fingerprint density at radius 3 is 1.23 bits per heavy atom. The van der Waals surface area contributed by atoms with Crippen LogP contribution in [0.1, 0.15) is 91.2 Å². The van der Waals surface area contributed by atoms with Crippen LogP contribution in [0.3, 0.4) is 0 Å². The molecule has 4 N–H and O–H groups in total. The highest BCUT2D eigenvalue weighted by atomic mass is 14.6. The van der Waals surface area contributed by atoms with Gasteiger partial charge in [-0.15, -0.1) is 0 Å². The van der Waals surface area contributed by atoms with E-state index in [1.54, 1.807) is 0 Å². The lowest BCUT2D eigenvalue weighted by Gasteiger charge is -2.58. The van der Waals surface area contributed by atoms with Crippen LogP contribution in [0.5, 0.6) is 0 Å². The second-order valence-electron chi connectivity index (χ2n) is 11.0. The van der Waals surface area contributed by atoms with Gasteiger partial charge in [0.05, 0.1) is 0 Å². The first kappa shape index (κ1) is 25.6. The number of hydrogen-bond donors (Lipinski definition) is 2. The molecule has 0 spiro atoms. The first-order valence-electron chi connectivity index (χ1n) is 12.2. The van der Waals surface area contributed by atoms with Crippen LogP contribution < -0.4 is 11.5 Å². The molecule has 0 amide bonds. The highest BCUT2D eigenvalue weighted by molar-refractivity contribution is 5.45. The zero-order valence-corrected chi connectivity index (χ0v) is 20.8. The maximum atomic E-state index is 6.12. The van der Waals surface area contributed by atoms with Crippen LogP contribution in [-0.2, 0) is 5.41 Å². The number of hydrogen-bond acceptors (Lipinski definition) is 2. The molecule has 0 heterocycles. The fraction of sp³-hybridized carbons (Fsp3) is 0.586. The lowest BCUT2D eigenvalue weighted by molar-refractivity contribution is 0.0427. The molecule has 0 aliphatic rings. The van der Waals surface area contributed by atoms with Gasteiger partial charge < -0.3 is 11.5 Å².